The van der Waals surface area contributed by atoms with Gasteiger partial charge in [0.25, 0.3) is 0 Å². The number of halogens is 1. The molecule has 0 saturated heterocycles. The van der Waals surface area contributed by atoms with Crippen LogP contribution in [-0.2, 0) is 9.47 Å². The molecule has 2 rings (SSSR count). The van der Waals surface area contributed by atoms with Crippen LogP contribution in [0.25, 0.3) is 0 Å². The maximum Gasteiger partial charge on any atom is 0.411 e. The SMILES string of the molecule is CC(C)[C@@H](C)COC(=O)Nc1ccc(F)cc1.CCCC.COC(=O)Nc1ccc(C)cc1.[HH].[HH]. The van der Waals surface area contributed by atoms with Gasteiger partial charge in [0.05, 0.1) is 13.7 Å². The van der Waals surface area contributed by atoms with Crippen molar-refractivity contribution in [3.63, 3.8) is 0 Å². The number of nitrogens with one attached hydrogen (secondary N) is 2. The highest BCUT2D eigenvalue weighted by Crippen LogP contribution is 2.12. The second-order valence-corrected chi connectivity index (χ2v) is 7.93. The summed E-state index contributed by atoms with van der Waals surface area (Å²) < 4.78 is 22.1. The fourth-order valence-electron chi connectivity index (χ4n) is 1.89. The topological polar surface area (TPSA) is 76.7 Å². The van der Waals surface area contributed by atoms with Gasteiger partial charge in [-0.05, 0) is 55.2 Å². The van der Waals surface area contributed by atoms with Crippen LogP contribution in [-0.4, -0.2) is 25.9 Å². The van der Waals surface area contributed by atoms with Gasteiger partial charge >= 0.3 is 12.2 Å². The Bertz CT molecular complexity index is 802. The summed E-state index contributed by atoms with van der Waals surface area (Å²) in [6, 6.07) is 13.0. The summed E-state index contributed by atoms with van der Waals surface area (Å²) in [5.41, 5.74) is 2.42. The molecule has 0 aliphatic heterocycles. The molecule has 0 unspecified atom stereocenters. The predicted octanol–water partition coefficient (Wildman–Crippen LogP) is 8.14. The summed E-state index contributed by atoms with van der Waals surface area (Å²) in [6.07, 6.45) is 1.68. The summed E-state index contributed by atoms with van der Waals surface area (Å²) in [5.74, 6) is 0.444. The van der Waals surface area contributed by atoms with Crippen LogP contribution in [0.1, 0.15) is 55.9 Å². The molecule has 2 aromatic carbocycles. The number of rotatable bonds is 6. The zero-order chi connectivity index (χ0) is 25.2. The number of unbranched alkanes of at least 4 members (excludes halogenated alkanes) is 1. The molecule has 7 heteroatoms. The van der Waals surface area contributed by atoms with Gasteiger partial charge in [-0.3, -0.25) is 10.6 Å². The van der Waals surface area contributed by atoms with Crippen LogP contribution in [0, 0.1) is 24.6 Å². The number of ether oxygens (including phenoxy) is 2. The van der Waals surface area contributed by atoms with Crippen LogP contribution in [0.5, 0.6) is 0 Å². The van der Waals surface area contributed by atoms with Crippen molar-refractivity contribution in [3.8, 4) is 0 Å². The minimum absolute atomic E-state index is 0. The Morgan fingerprint density at radius 3 is 1.76 bits per heavy atom. The molecule has 0 aliphatic carbocycles. The van der Waals surface area contributed by atoms with Crippen LogP contribution >= 0.6 is 0 Å². The molecule has 0 bridgehead atoms. The van der Waals surface area contributed by atoms with Gasteiger partial charge in [-0.25, -0.2) is 14.0 Å². The van der Waals surface area contributed by atoms with E-state index in [4.69, 9.17) is 4.74 Å². The van der Waals surface area contributed by atoms with Gasteiger partial charge in [0, 0.05) is 14.2 Å². The Kier molecular flexibility index (Phi) is 15.8. The number of aryl methyl sites for hydroxylation is 1. The number of benzene rings is 2. The summed E-state index contributed by atoms with van der Waals surface area (Å²) in [5, 5.41) is 5.09. The van der Waals surface area contributed by atoms with Gasteiger partial charge in [-0.15, -0.1) is 0 Å². The number of anilines is 2. The number of hydrogen-bond donors (Lipinski definition) is 2. The van der Waals surface area contributed by atoms with E-state index in [1.54, 1.807) is 0 Å². The van der Waals surface area contributed by atoms with Crippen molar-refractivity contribution in [2.45, 2.75) is 54.4 Å². The highest BCUT2D eigenvalue weighted by molar-refractivity contribution is 5.84. The molecule has 2 aromatic rings. The van der Waals surface area contributed by atoms with Gasteiger partial charge in [0.1, 0.15) is 5.82 Å². The van der Waals surface area contributed by atoms with E-state index in [0.717, 1.165) is 11.3 Å². The summed E-state index contributed by atoms with van der Waals surface area (Å²) in [6.45, 7) is 12.9. The molecular weight excluding hydrogens is 423 g/mol. The Morgan fingerprint density at radius 1 is 0.879 bits per heavy atom. The summed E-state index contributed by atoms with van der Waals surface area (Å²) in [4.78, 5) is 22.1. The van der Waals surface area contributed by atoms with Crippen molar-refractivity contribution in [2.75, 3.05) is 24.4 Å². The van der Waals surface area contributed by atoms with E-state index >= 15 is 0 Å². The maximum atomic E-state index is 12.6. The number of carbonyl (C=O) groups excluding carboxylic acids is 2. The first-order valence-corrected chi connectivity index (χ1v) is 11.2. The van der Waals surface area contributed by atoms with Crippen LogP contribution in [0.15, 0.2) is 48.5 Å². The average molecular weight is 467 g/mol. The Balaban J connectivity index is -0.000000500. The third-order valence-corrected chi connectivity index (χ3v) is 4.69. The molecule has 0 heterocycles. The standard InChI is InChI=1S/C13H18FNO2.C9H11NO2.C4H10.2H2/c1-9(2)10(3)8-17-13(16)15-12-6-4-11(14)5-7-12;1-7-3-5-8(6-4-7)10-9(11)12-2;1-3-4-2;;/h4-7,9-10H,8H2,1-3H3,(H,15,16);3-6H,1-2H3,(H,10,11);3-4H2,1-2H3;2*1H/t10-;;;;/m0..../s1. The van der Waals surface area contributed by atoms with Gasteiger partial charge in [-0.1, -0.05) is 65.2 Å². The first-order valence-electron chi connectivity index (χ1n) is 11.2. The van der Waals surface area contributed by atoms with Crippen LogP contribution in [0.2, 0.25) is 0 Å². The van der Waals surface area contributed by atoms with Gasteiger partial charge in [0.2, 0.25) is 0 Å². The van der Waals surface area contributed by atoms with Crippen LogP contribution < -0.4 is 10.6 Å². The van der Waals surface area contributed by atoms with E-state index in [9.17, 15) is 14.0 Å². The van der Waals surface area contributed by atoms with Gasteiger partial charge in [0.15, 0.2) is 0 Å². The fourth-order valence-corrected chi connectivity index (χ4v) is 1.89. The van der Waals surface area contributed by atoms with E-state index < -0.39 is 12.2 Å². The average Bonchev–Trinajstić information content (AvgIpc) is 2.81. The third-order valence-electron chi connectivity index (χ3n) is 4.69. The molecule has 33 heavy (non-hydrogen) atoms. The van der Waals surface area contributed by atoms with Gasteiger partial charge < -0.3 is 9.47 Å². The molecule has 0 aromatic heterocycles. The molecule has 0 fully saturated rings. The lowest BCUT2D eigenvalue weighted by Crippen LogP contribution is -2.19. The molecule has 1 atom stereocenters. The zero-order valence-electron chi connectivity index (χ0n) is 20.9. The Labute approximate surface area is 200 Å². The van der Waals surface area contributed by atoms with E-state index in [1.165, 1.54) is 44.2 Å². The van der Waals surface area contributed by atoms with Crippen molar-refractivity contribution in [1.29, 1.82) is 0 Å². The van der Waals surface area contributed by atoms with Crippen molar-refractivity contribution >= 4 is 23.6 Å². The lowest BCUT2D eigenvalue weighted by atomic mass is 10.00. The summed E-state index contributed by atoms with van der Waals surface area (Å²) in [7, 11) is 1.34. The lowest BCUT2D eigenvalue weighted by molar-refractivity contribution is 0.133. The normalized spacial score (nSPS) is 10.6. The highest BCUT2D eigenvalue weighted by Gasteiger charge is 2.10. The van der Waals surface area contributed by atoms with E-state index in [1.807, 2.05) is 38.1 Å². The third kappa shape index (κ3) is 15.4. The fraction of sp³-hybridized carbons (Fsp3) is 0.462. The van der Waals surface area contributed by atoms with Crippen molar-refractivity contribution in [1.82, 2.24) is 0 Å². The quantitative estimate of drug-likeness (QED) is 0.450. The molecule has 0 radical (unpaired) electrons. The molecule has 2 N–H and O–H groups in total. The second kappa shape index (κ2) is 17.5. The molecule has 0 aliphatic rings. The zero-order valence-corrected chi connectivity index (χ0v) is 20.9. The maximum absolute atomic E-state index is 12.6. The predicted molar refractivity (Wildman–Crippen MR) is 137 cm³/mol. The first kappa shape index (κ1) is 29.9. The molecule has 188 valence electrons. The number of hydrogen-bond acceptors (Lipinski definition) is 4. The van der Waals surface area contributed by atoms with Crippen LogP contribution in [0.3, 0.4) is 0 Å². The Hall–Kier alpha value is -3.09. The Morgan fingerprint density at radius 2 is 1.33 bits per heavy atom. The minimum Gasteiger partial charge on any atom is -0.453 e. The second-order valence-electron chi connectivity index (χ2n) is 7.93. The van der Waals surface area contributed by atoms with Crippen molar-refractivity contribution in [2.24, 2.45) is 11.8 Å². The lowest BCUT2D eigenvalue weighted by Gasteiger charge is -2.15. The van der Waals surface area contributed by atoms with Gasteiger partial charge in [-0.2, -0.15) is 0 Å². The summed E-state index contributed by atoms with van der Waals surface area (Å²) >= 11 is 0. The van der Waals surface area contributed by atoms with E-state index in [-0.39, 0.29) is 8.67 Å². The monoisotopic (exact) mass is 466 g/mol. The van der Waals surface area contributed by atoms with Crippen molar-refractivity contribution < 1.29 is 26.3 Å². The minimum atomic E-state index is -0.510. The van der Waals surface area contributed by atoms with E-state index in [2.05, 4.69) is 43.1 Å². The highest BCUT2D eigenvalue weighted by atomic mass is 19.1. The van der Waals surface area contributed by atoms with Crippen molar-refractivity contribution in [3.05, 3.63) is 59.9 Å². The molecule has 0 saturated carbocycles. The number of methoxy groups -OCH3 is 1. The molecule has 2 amide bonds. The first-order chi connectivity index (χ1) is 15.6. The molecule has 0 spiro atoms. The number of amides is 2. The largest absolute Gasteiger partial charge is 0.453 e. The van der Waals surface area contributed by atoms with E-state index in [0.29, 0.717) is 24.1 Å². The number of carbonyl (C=O) groups is 2. The smallest absolute Gasteiger partial charge is 0.411 e. The van der Waals surface area contributed by atoms with Crippen LogP contribution in [0.4, 0.5) is 25.4 Å². The molecule has 6 nitrogen and oxygen atoms in total. The molecular formula is C26H43FN2O4.